The third-order valence-electron chi connectivity index (χ3n) is 4.18. The van der Waals surface area contributed by atoms with Crippen molar-refractivity contribution in [2.24, 2.45) is 0 Å². The topological polar surface area (TPSA) is 32.3 Å². The van der Waals surface area contributed by atoms with E-state index in [2.05, 4.69) is 23.2 Å². The van der Waals surface area contributed by atoms with Crippen LogP contribution in [0.15, 0.2) is 18.2 Å². The lowest BCUT2D eigenvalue weighted by Gasteiger charge is -2.23. The average Bonchev–Trinajstić information content (AvgIpc) is 3.05. The number of fused-ring (bicyclic) bond motifs is 1. The fourth-order valence-corrected chi connectivity index (χ4v) is 3.12. The highest BCUT2D eigenvalue weighted by molar-refractivity contribution is 5.96. The highest BCUT2D eigenvalue weighted by atomic mass is 16.2. The maximum atomic E-state index is 12.5. The highest BCUT2D eigenvalue weighted by Crippen LogP contribution is 2.26. The standard InChI is InChI=1S/C15H20N2O/c1-2-13-4-3-9-17(13)15(18)12-6-5-11-7-8-16-14(11)10-12/h5-6,10,13,16H,2-4,7-9H2,1H3. The first-order chi connectivity index (χ1) is 8.79. The first kappa shape index (κ1) is 11.6. The molecule has 1 N–H and O–H groups in total. The van der Waals surface area contributed by atoms with Gasteiger partial charge in [-0.3, -0.25) is 4.79 Å². The van der Waals surface area contributed by atoms with E-state index < -0.39 is 0 Å². The first-order valence-corrected chi connectivity index (χ1v) is 6.97. The SMILES string of the molecule is CCC1CCCN1C(=O)c1ccc2c(c1)NCC2. The van der Waals surface area contributed by atoms with Crippen LogP contribution in [-0.2, 0) is 6.42 Å². The van der Waals surface area contributed by atoms with Crippen molar-refractivity contribution in [2.45, 2.75) is 38.6 Å². The summed E-state index contributed by atoms with van der Waals surface area (Å²) in [6.07, 6.45) is 4.44. The van der Waals surface area contributed by atoms with Gasteiger partial charge in [0.25, 0.3) is 5.91 Å². The molecule has 2 heterocycles. The van der Waals surface area contributed by atoms with Gasteiger partial charge in [-0.15, -0.1) is 0 Å². The molecule has 3 heteroatoms. The monoisotopic (exact) mass is 244 g/mol. The van der Waals surface area contributed by atoms with Gasteiger partial charge in [0.2, 0.25) is 0 Å². The molecule has 0 bridgehead atoms. The normalized spacial score (nSPS) is 21.8. The second-order valence-electron chi connectivity index (χ2n) is 5.25. The third-order valence-corrected chi connectivity index (χ3v) is 4.18. The lowest BCUT2D eigenvalue weighted by Crippen LogP contribution is -2.35. The van der Waals surface area contributed by atoms with E-state index >= 15 is 0 Å². The fraction of sp³-hybridized carbons (Fsp3) is 0.533. The van der Waals surface area contributed by atoms with Gasteiger partial charge in [0.15, 0.2) is 0 Å². The first-order valence-electron chi connectivity index (χ1n) is 6.97. The molecule has 1 atom stereocenters. The Morgan fingerprint density at radius 1 is 1.50 bits per heavy atom. The van der Waals surface area contributed by atoms with Gasteiger partial charge < -0.3 is 10.2 Å². The summed E-state index contributed by atoms with van der Waals surface area (Å²) in [7, 11) is 0. The van der Waals surface area contributed by atoms with Crippen molar-refractivity contribution in [1.29, 1.82) is 0 Å². The summed E-state index contributed by atoms with van der Waals surface area (Å²) in [5.41, 5.74) is 3.32. The van der Waals surface area contributed by atoms with E-state index in [1.165, 1.54) is 5.56 Å². The Kier molecular flexibility index (Phi) is 2.98. The molecule has 1 aromatic rings. The summed E-state index contributed by atoms with van der Waals surface area (Å²) >= 11 is 0. The van der Waals surface area contributed by atoms with Gasteiger partial charge in [-0.1, -0.05) is 13.0 Å². The minimum absolute atomic E-state index is 0.204. The molecule has 1 amide bonds. The number of anilines is 1. The van der Waals surface area contributed by atoms with Crippen molar-refractivity contribution in [3.8, 4) is 0 Å². The number of carbonyl (C=O) groups excluding carboxylic acids is 1. The lowest BCUT2D eigenvalue weighted by molar-refractivity contribution is 0.0734. The summed E-state index contributed by atoms with van der Waals surface area (Å²) in [4.78, 5) is 14.6. The van der Waals surface area contributed by atoms with Gasteiger partial charge in [0, 0.05) is 30.4 Å². The number of nitrogens with one attached hydrogen (secondary N) is 1. The maximum absolute atomic E-state index is 12.5. The van der Waals surface area contributed by atoms with Crippen LogP contribution in [0.2, 0.25) is 0 Å². The maximum Gasteiger partial charge on any atom is 0.254 e. The minimum atomic E-state index is 0.204. The lowest BCUT2D eigenvalue weighted by atomic mass is 10.1. The number of hydrogen-bond donors (Lipinski definition) is 1. The van der Waals surface area contributed by atoms with Crippen LogP contribution < -0.4 is 5.32 Å². The molecule has 96 valence electrons. The molecule has 2 aliphatic heterocycles. The molecule has 0 radical (unpaired) electrons. The number of likely N-dealkylation sites (tertiary alicyclic amines) is 1. The summed E-state index contributed by atoms with van der Waals surface area (Å²) < 4.78 is 0. The Labute approximate surface area is 108 Å². The quantitative estimate of drug-likeness (QED) is 0.867. The van der Waals surface area contributed by atoms with E-state index in [1.54, 1.807) is 0 Å². The molecule has 2 aliphatic rings. The summed E-state index contributed by atoms with van der Waals surface area (Å²) in [5.74, 6) is 0.204. The number of benzene rings is 1. The second kappa shape index (κ2) is 4.63. The van der Waals surface area contributed by atoms with Crippen LogP contribution in [0.3, 0.4) is 0 Å². The number of amides is 1. The van der Waals surface area contributed by atoms with Crippen molar-refractivity contribution < 1.29 is 4.79 Å². The van der Waals surface area contributed by atoms with Gasteiger partial charge >= 0.3 is 0 Å². The van der Waals surface area contributed by atoms with Crippen molar-refractivity contribution >= 4 is 11.6 Å². The van der Waals surface area contributed by atoms with Crippen molar-refractivity contribution in [3.63, 3.8) is 0 Å². The smallest absolute Gasteiger partial charge is 0.254 e. The molecule has 3 rings (SSSR count). The Morgan fingerprint density at radius 2 is 2.39 bits per heavy atom. The van der Waals surface area contributed by atoms with Crippen LogP contribution in [0.1, 0.15) is 42.1 Å². The Bertz CT molecular complexity index is 470. The molecular weight excluding hydrogens is 224 g/mol. The summed E-state index contributed by atoms with van der Waals surface area (Å²) in [6.45, 7) is 4.08. The molecule has 1 unspecified atom stereocenters. The molecule has 1 saturated heterocycles. The molecule has 0 aromatic heterocycles. The van der Waals surface area contributed by atoms with E-state index in [0.29, 0.717) is 6.04 Å². The number of nitrogens with zero attached hydrogens (tertiary/aromatic N) is 1. The van der Waals surface area contributed by atoms with Crippen LogP contribution in [-0.4, -0.2) is 29.9 Å². The fourth-order valence-electron chi connectivity index (χ4n) is 3.12. The number of carbonyl (C=O) groups is 1. The van der Waals surface area contributed by atoms with Gasteiger partial charge in [-0.25, -0.2) is 0 Å². The van der Waals surface area contributed by atoms with Crippen LogP contribution in [0, 0.1) is 0 Å². The van der Waals surface area contributed by atoms with Crippen LogP contribution in [0.4, 0.5) is 5.69 Å². The van der Waals surface area contributed by atoms with Gasteiger partial charge in [0.05, 0.1) is 0 Å². The molecule has 18 heavy (non-hydrogen) atoms. The Morgan fingerprint density at radius 3 is 3.22 bits per heavy atom. The zero-order chi connectivity index (χ0) is 12.5. The minimum Gasteiger partial charge on any atom is -0.384 e. The van der Waals surface area contributed by atoms with E-state index in [4.69, 9.17) is 0 Å². The van der Waals surface area contributed by atoms with E-state index in [9.17, 15) is 4.79 Å². The predicted molar refractivity (Wildman–Crippen MR) is 73.0 cm³/mol. The zero-order valence-corrected chi connectivity index (χ0v) is 10.9. The van der Waals surface area contributed by atoms with Gasteiger partial charge in [-0.2, -0.15) is 0 Å². The van der Waals surface area contributed by atoms with Crippen LogP contribution in [0.5, 0.6) is 0 Å². The van der Waals surface area contributed by atoms with E-state index in [-0.39, 0.29) is 5.91 Å². The predicted octanol–water partition coefficient (Wildman–Crippen LogP) is 2.67. The molecule has 0 aliphatic carbocycles. The zero-order valence-electron chi connectivity index (χ0n) is 10.9. The molecule has 1 aromatic carbocycles. The number of hydrogen-bond acceptors (Lipinski definition) is 2. The Hall–Kier alpha value is -1.51. The van der Waals surface area contributed by atoms with Crippen molar-refractivity contribution in [3.05, 3.63) is 29.3 Å². The molecular formula is C15H20N2O. The Balaban J connectivity index is 1.84. The van der Waals surface area contributed by atoms with E-state index in [1.807, 2.05) is 12.1 Å². The van der Waals surface area contributed by atoms with E-state index in [0.717, 1.165) is 50.0 Å². The third kappa shape index (κ3) is 1.88. The molecule has 3 nitrogen and oxygen atoms in total. The van der Waals surface area contributed by atoms with Gasteiger partial charge in [-0.05, 0) is 43.4 Å². The second-order valence-corrected chi connectivity index (χ2v) is 5.25. The summed E-state index contributed by atoms with van der Waals surface area (Å²) in [6, 6.07) is 6.55. The van der Waals surface area contributed by atoms with Gasteiger partial charge in [0.1, 0.15) is 0 Å². The van der Waals surface area contributed by atoms with Crippen molar-refractivity contribution in [2.75, 3.05) is 18.4 Å². The highest BCUT2D eigenvalue weighted by Gasteiger charge is 2.28. The average molecular weight is 244 g/mol. The van der Waals surface area contributed by atoms with Crippen molar-refractivity contribution in [1.82, 2.24) is 4.90 Å². The molecule has 0 saturated carbocycles. The summed E-state index contributed by atoms with van der Waals surface area (Å²) in [5, 5.41) is 3.34. The van der Waals surface area contributed by atoms with Crippen LogP contribution >= 0.6 is 0 Å². The molecule has 1 fully saturated rings. The van der Waals surface area contributed by atoms with Crippen LogP contribution in [0.25, 0.3) is 0 Å². The molecule has 0 spiro atoms. The largest absolute Gasteiger partial charge is 0.384 e. The number of rotatable bonds is 2.